The van der Waals surface area contributed by atoms with Gasteiger partial charge in [-0.15, -0.1) is 0 Å². The van der Waals surface area contributed by atoms with Crippen LogP contribution in [0.1, 0.15) is 29.6 Å². The van der Waals surface area contributed by atoms with Crippen molar-refractivity contribution in [2.45, 2.75) is 31.3 Å². The van der Waals surface area contributed by atoms with Gasteiger partial charge in [-0.2, -0.15) is 0 Å². The lowest BCUT2D eigenvalue weighted by Crippen LogP contribution is -2.46. The SMILES string of the molecule is O=C1C[C@H](N(C(=O)c2ccncc2Br)C2CC2)C(=O)N1. The molecule has 0 unspecified atom stereocenters. The summed E-state index contributed by atoms with van der Waals surface area (Å²) in [5.41, 5.74) is 0.457. The van der Waals surface area contributed by atoms with E-state index in [1.165, 1.54) is 12.4 Å². The summed E-state index contributed by atoms with van der Waals surface area (Å²) >= 11 is 3.29. The lowest BCUT2D eigenvalue weighted by Gasteiger charge is -2.27. The summed E-state index contributed by atoms with van der Waals surface area (Å²) in [4.78, 5) is 41.3. The molecule has 6 nitrogen and oxygen atoms in total. The number of nitrogens with one attached hydrogen (secondary N) is 1. The van der Waals surface area contributed by atoms with Gasteiger partial charge >= 0.3 is 0 Å². The molecule has 7 heteroatoms. The minimum absolute atomic E-state index is 0.0454. The first-order chi connectivity index (χ1) is 9.58. The largest absolute Gasteiger partial charge is 0.323 e. The fraction of sp³-hybridized carbons (Fsp3) is 0.385. The number of hydrogen-bond donors (Lipinski definition) is 1. The van der Waals surface area contributed by atoms with Crippen LogP contribution in [0.4, 0.5) is 0 Å². The molecule has 104 valence electrons. The first kappa shape index (κ1) is 13.2. The summed E-state index contributed by atoms with van der Waals surface area (Å²) in [5.74, 6) is -0.954. The Morgan fingerprint density at radius 1 is 1.40 bits per heavy atom. The van der Waals surface area contributed by atoms with Gasteiger partial charge in [-0.1, -0.05) is 0 Å². The molecule has 1 N–H and O–H groups in total. The lowest BCUT2D eigenvalue weighted by molar-refractivity contribution is -0.126. The van der Waals surface area contributed by atoms with E-state index in [0.717, 1.165) is 12.8 Å². The first-order valence-electron chi connectivity index (χ1n) is 6.34. The molecule has 2 heterocycles. The number of amides is 3. The standard InChI is InChI=1S/C13H12BrN3O3/c14-9-6-15-4-3-8(9)13(20)17(7-1-2-7)10-5-11(18)16-12(10)19/h3-4,6-7,10H,1-2,5H2,(H,16,18,19)/t10-/m0/s1. The molecule has 0 radical (unpaired) electrons. The van der Waals surface area contributed by atoms with Crippen LogP contribution < -0.4 is 5.32 Å². The summed E-state index contributed by atoms with van der Waals surface area (Å²) in [6.45, 7) is 0. The van der Waals surface area contributed by atoms with Gasteiger partial charge in [0.25, 0.3) is 5.91 Å². The number of rotatable bonds is 3. The van der Waals surface area contributed by atoms with E-state index < -0.39 is 6.04 Å². The minimum atomic E-state index is -0.692. The maximum atomic E-state index is 12.7. The number of nitrogens with zero attached hydrogens (tertiary/aromatic N) is 2. The third kappa shape index (κ3) is 2.33. The number of carbonyl (C=O) groups is 3. The number of imide groups is 1. The molecular weight excluding hydrogens is 326 g/mol. The summed E-state index contributed by atoms with van der Waals surface area (Å²) < 4.78 is 0.584. The monoisotopic (exact) mass is 337 g/mol. The Hall–Kier alpha value is -1.76. The van der Waals surface area contributed by atoms with Gasteiger partial charge in [-0.05, 0) is 34.8 Å². The molecule has 20 heavy (non-hydrogen) atoms. The average Bonchev–Trinajstić information content (AvgIpc) is 3.17. The second-order valence-corrected chi connectivity index (χ2v) is 5.79. The maximum absolute atomic E-state index is 12.7. The molecule has 3 rings (SSSR count). The molecule has 1 atom stereocenters. The molecule has 3 amide bonds. The van der Waals surface area contributed by atoms with Crippen LogP contribution in [0.2, 0.25) is 0 Å². The van der Waals surface area contributed by atoms with E-state index in [2.05, 4.69) is 26.2 Å². The second-order valence-electron chi connectivity index (χ2n) is 4.93. The van der Waals surface area contributed by atoms with Gasteiger partial charge in [0.1, 0.15) is 6.04 Å². The molecule has 1 saturated carbocycles. The summed E-state index contributed by atoms with van der Waals surface area (Å²) in [5, 5.41) is 2.26. The van der Waals surface area contributed by atoms with Crippen LogP contribution in [0.5, 0.6) is 0 Å². The highest BCUT2D eigenvalue weighted by molar-refractivity contribution is 9.10. The van der Waals surface area contributed by atoms with Crippen LogP contribution in [0.25, 0.3) is 0 Å². The van der Waals surface area contributed by atoms with Crippen molar-refractivity contribution in [3.05, 3.63) is 28.5 Å². The van der Waals surface area contributed by atoms with Gasteiger partial charge in [0.2, 0.25) is 11.8 Å². The predicted molar refractivity (Wildman–Crippen MR) is 72.7 cm³/mol. The Morgan fingerprint density at radius 2 is 2.15 bits per heavy atom. The number of aromatic nitrogens is 1. The molecule has 1 aromatic rings. The smallest absolute Gasteiger partial charge is 0.256 e. The zero-order valence-electron chi connectivity index (χ0n) is 10.5. The average molecular weight is 338 g/mol. The molecule has 0 spiro atoms. The number of halogens is 1. The van der Waals surface area contributed by atoms with Crippen molar-refractivity contribution in [2.24, 2.45) is 0 Å². The Bertz CT molecular complexity index is 600. The van der Waals surface area contributed by atoms with Crippen LogP contribution in [0, 0.1) is 0 Å². The van der Waals surface area contributed by atoms with Crippen molar-refractivity contribution < 1.29 is 14.4 Å². The van der Waals surface area contributed by atoms with Crippen molar-refractivity contribution >= 4 is 33.7 Å². The highest BCUT2D eigenvalue weighted by Gasteiger charge is 2.45. The molecular formula is C13H12BrN3O3. The van der Waals surface area contributed by atoms with Crippen LogP contribution in [0.3, 0.4) is 0 Å². The van der Waals surface area contributed by atoms with Crippen LogP contribution >= 0.6 is 15.9 Å². The molecule has 2 aliphatic rings. The third-order valence-electron chi connectivity index (χ3n) is 3.46. The zero-order chi connectivity index (χ0) is 14.3. The van der Waals surface area contributed by atoms with Crippen molar-refractivity contribution in [2.75, 3.05) is 0 Å². The second kappa shape index (κ2) is 4.97. The van der Waals surface area contributed by atoms with Gasteiger partial charge in [-0.25, -0.2) is 0 Å². The van der Waals surface area contributed by atoms with E-state index in [1.54, 1.807) is 11.0 Å². The molecule has 1 saturated heterocycles. The number of pyridine rings is 1. The van der Waals surface area contributed by atoms with E-state index in [9.17, 15) is 14.4 Å². The van der Waals surface area contributed by atoms with Gasteiger partial charge in [0.15, 0.2) is 0 Å². The van der Waals surface area contributed by atoms with Crippen molar-refractivity contribution in [1.82, 2.24) is 15.2 Å². The Kier molecular flexibility index (Phi) is 3.29. The molecule has 1 aliphatic heterocycles. The van der Waals surface area contributed by atoms with Gasteiger partial charge in [-0.3, -0.25) is 24.7 Å². The highest BCUT2D eigenvalue weighted by Crippen LogP contribution is 2.33. The van der Waals surface area contributed by atoms with E-state index in [0.29, 0.717) is 10.0 Å². The van der Waals surface area contributed by atoms with Crippen LogP contribution in [-0.4, -0.2) is 39.7 Å². The van der Waals surface area contributed by atoms with Crippen molar-refractivity contribution in [3.8, 4) is 0 Å². The zero-order valence-corrected chi connectivity index (χ0v) is 12.1. The predicted octanol–water partition coefficient (Wildman–Crippen LogP) is 0.864. The Morgan fingerprint density at radius 3 is 2.70 bits per heavy atom. The lowest BCUT2D eigenvalue weighted by atomic mass is 10.1. The molecule has 0 aromatic carbocycles. The van der Waals surface area contributed by atoms with E-state index in [1.807, 2.05) is 0 Å². The van der Waals surface area contributed by atoms with Crippen molar-refractivity contribution in [3.63, 3.8) is 0 Å². The first-order valence-corrected chi connectivity index (χ1v) is 7.13. The Labute approximate surface area is 123 Å². The molecule has 1 aliphatic carbocycles. The minimum Gasteiger partial charge on any atom is -0.323 e. The van der Waals surface area contributed by atoms with E-state index in [4.69, 9.17) is 0 Å². The molecule has 2 fully saturated rings. The summed E-state index contributed by atoms with van der Waals surface area (Å²) in [7, 11) is 0. The van der Waals surface area contributed by atoms with E-state index >= 15 is 0 Å². The third-order valence-corrected chi connectivity index (χ3v) is 4.09. The Balaban J connectivity index is 1.92. The summed E-state index contributed by atoms with van der Waals surface area (Å²) in [6.07, 6.45) is 4.85. The number of carbonyl (C=O) groups excluding carboxylic acids is 3. The highest BCUT2D eigenvalue weighted by atomic mass is 79.9. The van der Waals surface area contributed by atoms with E-state index in [-0.39, 0.29) is 30.2 Å². The number of hydrogen-bond acceptors (Lipinski definition) is 4. The van der Waals surface area contributed by atoms with Crippen molar-refractivity contribution in [1.29, 1.82) is 0 Å². The fourth-order valence-corrected chi connectivity index (χ4v) is 2.79. The fourth-order valence-electron chi connectivity index (χ4n) is 2.37. The summed E-state index contributed by atoms with van der Waals surface area (Å²) in [6, 6.07) is 0.961. The van der Waals surface area contributed by atoms with Crippen LogP contribution in [-0.2, 0) is 9.59 Å². The quantitative estimate of drug-likeness (QED) is 0.830. The van der Waals surface area contributed by atoms with Gasteiger partial charge < -0.3 is 4.90 Å². The topological polar surface area (TPSA) is 79.4 Å². The molecule has 0 bridgehead atoms. The maximum Gasteiger partial charge on any atom is 0.256 e. The molecule has 1 aromatic heterocycles. The van der Waals surface area contributed by atoms with Gasteiger partial charge in [0, 0.05) is 22.9 Å². The van der Waals surface area contributed by atoms with Gasteiger partial charge in [0.05, 0.1) is 12.0 Å². The normalized spacial score (nSPS) is 21.8. The van der Waals surface area contributed by atoms with Crippen LogP contribution in [0.15, 0.2) is 22.9 Å².